The number of halogens is 2. The maximum atomic E-state index is 11.7. The number of amides is 1. The molecule has 0 aromatic heterocycles. The van der Waals surface area contributed by atoms with Crippen molar-refractivity contribution in [1.29, 1.82) is 0 Å². The molecule has 1 N–H and O–H groups in total. The Morgan fingerprint density at radius 3 is 2.45 bits per heavy atom. The molecule has 2 aromatic rings. The smallest absolute Gasteiger partial charge is 0.229 e. The summed E-state index contributed by atoms with van der Waals surface area (Å²) in [7, 11) is 0. The highest BCUT2D eigenvalue weighted by atomic mass is 35.5. The highest BCUT2D eigenvalue weighted by molar-refractivity contribution is 6.35. The Morgan fingerprint density at radius 1 is 1.09 bits per heavy atom. The van der Waals surface area contributed by atoms with Crippen LogP contribution in [-0.2, 0) is 16.2 Å². The summed E-state index contributed by atoms with van der Waals surface area (Å²) in [5.74, 6) is -0.172. The molecule has 1 amide bonds. The molecule has 114 valence electrons. The van der Waals surface area contributed by atoms with Gasteiger partial charge in [0.15, 0.2) is 0 Å². The van der Waals surface area contributed by atoms with E-state index < -0.39 is 0 Å². The van der Waals surface area contributed by atoms with E-state index in [0.717, 1.165) is 5.69 Å². The first kappa shape index (κ1) is 16.3. The predicted molar refractivity (Wildman–Crippen MR) is 89.4 cm³/mol. The fraction of sp³-hybridized carbons (Fsp3) is 0.125. The van der Waals surface area contributed by atoms with Crippen LogP contribution in [0.4, 0.5) is 5.69 Å². The van der Waals surface area contributed by atoms with Gasteiger partial charge in [-0.1, -0.05) is 52.6 Å². The van der Waals surface area contributed by atoms with Gasteiger partial charge < -0.3 is 10.2 Å². The van der Waals surface area contributed by atoms with Crippen LogP contribution in [0.2, 0.25) is 10.0 Å². The number of carbonyl (C=O) groups excluding carboxylic acids is 1. The Labute approximate surface area is 138 Å². The van der Waals surface area contributed by atoms with Gasteiger partial charge in [0.25, 0.3) is 0 Å². The van der Waals surface area contributed by atoms with Gasteiger partial charge in [-0.2, -0.15) is 0 Å². The molecule has 4 nitrogen and oxygen atoms in total. The maximum absolute atomic E-state index is 11.7. The van der Waals surface area contributed by atoms with Gasteiger partial charge in [-0.15, -0.1) is 0 Å². The SMILES string of the molecule is O=C(C/C=N/OCc1c(Cl)cccc1Cl)Nc1ccccc1. The van der Waals surface area contributed by atoms with Gasteiger partial charge in [0.1, 0.15) is 6.61 Å². The highest BCUT2D eigenvalue weighted by Crippen LogP contribution is 2.24. The molecule has 0 unspecified atom stereocenters. The fourth-order valence-electron chi connectivity index (χ4n) is 1.68. The Bertz CT molecular complexity index is 640. The number of carbonyl (C=O) groups is 1. The molecule has 2 aromatic carbocycles. The van der Waals surface area contributed by atoms with Crippen LogP contribution in [0.3, 0.4) is 0 Å². The Kier molecular flexibility index (Phi) is 6.25. The molecular weight excluding hydrogens is 323 g/mol. The van der Waals surface area contributed by atoms with Crippen molar-refractivity contribution < 1.29 is 9.63 Å². The molecule has 0 aliphatic carbocycles. The summed E-state index contributed by atoms with van der Waals surface area (Å²) in [5, 5.41) is 7.50. The van der Waals surface area contributed by atoms with Gasteiger partial charge in [-0.05, 0) is 24.3 Å². The van der Waals surface area contributed by atoms with Crippen LogP contribution >= 0.6 is 23.2 Å². The third-order valence-corrected chi connectivity index (χ3v) is 3.46. The average molecular weight is 337 g/mol. The number of para-hydroxylation sites is 1. The zero-order chi connectivity index (χ0) is 15.8. The summed E-state index contributed by atoms with van der Waals surface area (Å²) < 4.78 is 0. The van der Waals surface area contributed by atoms with Crippen molar-refractivity contribution in [3.63, 3.8) is 0 Å². The van der Waals surface area contributed by atoms with E-state index in [1.165, 1.54) is 6.21 Å². The zero-order valence-electron chi connectivity index (χ0n) is 11.6. The number of nitrogens with zero attached hydrogens (tertiary/aromatic N) is 1. The largest absolute Gasteiger partial charge is 0.391 e. The van der Waals surface area contributed by atoms with Crippen molar-refractivity contribution >= 4 is 41.0 Å². The summed E-state index contributed by atoms with van der Waals surface area (Å²) in [6.45, 7) is 0.148. The minimum Gasteiger partial charge on any atom is -0.391 e. The van der Waals surface area contributed by atoms with Crippen LogP contribution in [0.15, 0.2) is 53.7 Å². The van der Waals surface area contributed by atoms with Crippen LogP contribution in [-0.4, -0.2) is 12.1 Å². The van der Waals surface area contributed by atoms with E-state index in [2.05, 4.69) is 10.5 Å². The molecule has 0 heterocycles. The number of rotatable bonds is 6. The Balaban J connectivity index is 1.75. The van der Waals surface area contributed by atoms with Crippen LogP contribution in [0.5, 0.6) is 0 Å². The topological polar surface area (TPSA) is 50.7 Å². The molecule has 6 heteroatoms. The van der Waals surface area contributed by atoms with Crippen molar-refractivity contribution in [2.75, 3.05) is 5.32 Å². The predicted octanol–water partition coefficient (Wildman–Crippen LogP) is 4.52. The zero-order valence-corrected chi connectivity index (χ0v) is 13.1. The molecule has 0 aliphatic heterocycles. The number of anilines is 1. The maximum Gasteiger partial charge on any atom is 0.229 e. The van der Waals surface area contributed by atoms with Crippen LogP contribution in [0.1, 0.15) is 12.0 Å². The lowest BCUT2D eigenvalue weighted by Gasteiger charge is -2.05. The van der Waals surface area contributed by atoms with Crippen LogP contribution in [0, 0.1) is 0 Å². The van der Waals surface area contributed by atoms with Crippen LogP contribution < -0.4 is 5.32 Å². The molecule has 2 rings (SSSR count). The number of hydrogen-bond acceptors (Lipinski definition) is 3. The van der Waals surface area contributed by atoms with Gasteiger partial charge in [0.2, 0.25) is 5.91 Å². The third kappa shape index (κ3) is 5.06. The average Bonchev–Trinajstić information content (AvgIpc) is 2.50. The van der Waals surface area contributed by atoms with Crippen molar-refractivity contribution in [3.8, 4) is 0 Å². The number of oxime groups is 1. The van der Waals surface area contributed by atoms with Crippen molar-refractivity contribution in [2.45, 2.75) is 13.0 Å². The molecule has 0 radical (unpaired) electrons. The lowest BCUT2D eigenvalue weighted by Crippen LogP contribution is -2.11. The fourth-order valence-corrected chi connectivity index (χ4v) is 2.18. The van der Waals surface area contributed by atoms with Crippen molar-refractivity contribution in [2.24, 2.45) is 5.16 Å². The van der Waals surface area contributed by atoms with Crippen molar-refractivity contribution in [3.05, 3.63) is 64.1 Å². The summed E-state index contributed by atoms with van der Waals surface area (Å²) in [6, 6.07) is 14.4. The lowest BCUT2D eigenvalue weighted by atomic mass is 10.2. The Hall–Kier alpha value is -2.04. The molecule has 0 saturated carbocycles. The van der Waals surface area contributed by atoms with E-state index in [0.29, 0.717) is 15.6 Å². The van der Waals surface area contributed by atoms with E-state index in [-0.39, 0.29) is 18.9 Å². The number of hydrogen-bond donors (Lipinski definition) is 1. The quantitative estimate of drug-likeness (QED) is 0.622. The molecule has 0 spiro atoms. The molecule has 0 saturated heterocycles. The number of benzene rings is 2. The second-order valence-electron chi connectivity index (χ2n) is 4.38. The minimum absolute atomic E-state index is 0.116. The Morgan fingerprint density at radius 2 is 1.77 bits per heavy atom. The molecule has 0 atom stereocenters. The van der Waals surface area contributed by atoms with Gasteiger partial charge in [-0.3, -0.25) is 4.79 Å². The van der Waals surface area contributed by atoms with E-state index >= 15 is 0 Å². The van der Waals surface area contributed by atoms with E-state index in [4.69, 9.17) is 28.0 Å². The molecule has 0 fully saturated rings. The molecule has 22 heavy (non-hydrogen) atoms. The minimum atomic E-state index is -0.172. The van der Waals surface area contributed by atoms with E-state index in [9.17, 15) is 4.79 Å². The monoisotopic (exact) mass is 336 g/mol. The summed E-state index contributed by atoms with van der Waals surface area (Å²) in [6.07, 6.45) is 1.51. The first-order chi connectivity index (χ1) is 10.7. The summed E-state index contributed by atoms with van der Waals surface area (Å²) >= 11 is 12.0. The third-order valence-electron chi connectivity index (χ3n) is 2.75. The van der Waals surface area contributed by atoms with Gasteiger partial charge in [-0.25, -0.2) is 0 Å². The second-order valence-corrected chi connectivity index (χ2v) is 5.19. The second kappa shape index (κ2) is 8.41. The molecular formula is C16H14Cl2N2O2. The summed E-state index contributed by atoms with van der Waals surface area (Å²) in [5.41, 5.74) is 1.40. The first-order valence-corrected chi connectivity index (χ1v) is 7.34. The van der Waals surface area contributed by atoms with Crippen molar-refractivity contribution in [1.82, 2.24) is 0 Å². The van der Waals surface area contributed by atoms with E-state index in [1.807, 2.05) is 30.3 Å². The summed E-state index contributed by atoms with van der Waals surface area (Å²) in [4.78, 5) is 16.8. The normalized spacial score (nSPS) is 10.6. The lowest BCUT2D eigenvalue weighted by molar-refractivity contribution is -0.115. The standard InChI is InChI=1S/C16H14Cl2N2O2/c17-14-7-4-8-15(18)13(14)11-22-19-10-9-16(21)20-12-5-2-1-3-6-12/h1-8,10H,9,11H2,(H,20,21)/b19-10+. The first-order valence-electron chi connectivity index (χ1n) is 6.58. The van der Waals surface area contributed by atoms with E-state index in [1.54, 1.807) is 18.2 Å². The molecule has 0 bridgehead atoms. The van der Waals surface area contributed by atoms with Gasteiger partial charge >= 0.3 is 0 Å². The van der Waals surface area contributed by atoms with Gasteiger partial charge in [0.05, 0.1) is 12.6 Å². The van der Waals surface area contributed by atoms with Gasteiger partial charge in [0, 0.05) is 21.3 Å². The van der Waals surface area contributed by atoms with Crippen LogP contribution in [0.25, 0.3) is 0 Å². The molecule has 0 aliphatic rings. The number of nitrogens with one attached hydrogen (secondary N) is 1. The highest BCUT2D eigenvalue weighted by Gasteiger charge is 2.05.